The molecule has 107 valence electrons. The summed E-state index contributed by atoms with van der Waals surface area (Å²) in [4.78, 5) is 16.3. The second kappa shape index (κ2) is 6.23. The first-order valence-corrected chi connectivity index (χ1v) is 7.78. The van der Waals surface area contributed by atoms with Crippen molar-refractivity contribution in [3.8, 4) is 0 Å². The molecule has 0 bridgehead atoms. The Morgan fingerprint density at radius 2 is 1.79 bits per heavy atom. The van der Waals surface area contributed by atoms with E-state index in [1.54, 1.807) is 6.04 Å². The van der Waals surface area contributed by atoms with Crippen molar-refractivity contribution in [1.82, 2.24) is 9.80 Å². The highest BCUT2D eigenvalue weighted by molar-refractivity contribution is 5.78. The molecule has 0 spiro atoms. The summed E-state index contributed by atoms with van der Waals surface area (Å²) in [6.45, 7) is 6.16. The lowest BCUT2D eigenvalue weighted by Gasteiger charge is -2.39. The Morgan fingerprint density at radius 1 is 1.05 bits per heavy atom. The number of rotatable bonds is 3. The summed E-state index contributed by atoms with van der Waals surface area (Å²) in [5.74, 6) is 1.10. The smallest absolute Gasteiger partial charge is 0.222 e. The Balaban J connectivity index is 1.42. The van der Waals surface area contributed by atoms with Crippen LogP contribution in [0.3, 0.4) is 0 Å². The molecule has 3 heterocycles. The molecule has 0 saturated carbocycles. The quantitative estimate of drug-likeness (QED) is 0.778. The summed E-state index contributed by atoms with van der Waals surface area (Å²) in [6, 6.07) is 1.60. The maximum Gasteiger partial charge on any atom is 0.222 e. The standard InChI is InChI=1S/C15H25N2O2/c18-15-2-1-7-17(15)12-13-3-8-16(9-4-13)14-5-10-19-11-6-14/h13H,1-12H2. The first-order valence-electron chi connectivity index (χ1n) is 7.78. The second-order valence-corrected chi connectivity index (χ2v) is 6.05. The van der Waals surface area contributed by atoms with E-state index in [0.717, 1.165) is 57.9 Å². The molecule has 0 aromatic rings. The van der Waals surface area contributed by atoms with Gasteiger partial charge in [-0.25, -0.2) is 0 Å². The minimum atomic E-state index is 0.376. The SMILES string of the molecule is O=C1CCCN1CC1CCN([C]2CCOCC2)CC1. The summed E-state index contributed by atoms with van der Waals surface area (Å²) in [7, 11) is 0. The lowest BCUT2D eigenvalue weighted by atomic mass is 9.94. The zero-order valence-corrected chi connectivity index (χ0v) is 11.8. The number of hydrogen-bond acceptors (Lipinski definition) is 3. The molecule has 3 aliphatic heterocycles. The Labute approximate surface area is 116 Å². The lowest BCUT2D eigenvalue weighted by molar-refractivity contribution is -0.128. The van der Waals surface area contributed by atoms with Crippen molar-refractivity contribution >= 4 is 5.91 Å². The van der Waals surface area contributed by atoms with Gasteiger partial charge in [0.1, 0.15) is 0 Å². The number of amides is 1. The van der Waals surface area contributed by atoms with Crippen LogP contribution in [0, 0.1) is 12.0 Å². The van der Waals surface area contributed by atoms with Gasteiger partial charge in [0.2, 0.25) is 5.91 Å². The molecule has 0 aromatic heterocycles. The molecule has 4 nitrogen and oxygen atoms in total. The van der Waals surface area contributed by atoms with E-state index in [4.69, 9.17) is 4.74 Å². The topological polar surface area (TPSA) is 32.8 Å². The molecular formula is C15H25N2O2. The monoisotopic (exact) mass is 265 g/mol. The highest BCUT2D eigenvalue weighted by Gasteiger charge is 2.29. The molecule has 19 heavy (non-hydrogen) atoms. The zero-order valence-electron chi connectivity index (χ0n) is 11.8. The fourth-order valence-electron chi connectivity index (χ4n) is 3.56. The maximum absolute atomic E-state index is 11.7. The summed E-state index contributed by atoms with van der Waals surface area (Å²) in [5, 5.41) is 0. The average molecular weight is 265 g/mol. The number of carbonyl (C=O) groups is 1. The van der Waals surface area contributed by atoms with Crippen LogP contribution < -0.4 is 0 Å². The molecule has 3 fully saturated rings. The summed E-state index contributed by atoms with van der Waals surface area (Å²) >= 11 is 0. The number of likely N-dealkylation sites (tertiary alicyclic amines) is 2. The normalized spacial score (nSPS) is 28.2. The van der Waals surface area contributed by atoms with E-state index in [9.17, 15) is 4.79 Å². The molecule has 0 atom stereocenters. The van der Waals surface area contributed by atoms with Crippen LogP contribution in [0.2, 0.25) is 0 Å². The molecule has 0 aliphatic carbocycles. The van der Waals surface area contributed by atoms with Crippen LogP contribution in [0.5, 0.6) is 0 Å². The van der Waals surface area contributed by atoms with Gasteiger partial charge in [0.15, 0.2) is 0 Å². The second-order valence-electron chi connectivity index (χ2n) is 6.05. The lowest BCUT2D eigenvalue weighted by Crippen LogP contribution is -2.42. The van der Waals surface area contributed by atoms with Crippen molar-refractivity contribution in [3.63, 3.8) is 0 Å². The van der Waals surface area contributed by atoms with Gasteiger partial charge in [-0.3, -0.25) is 9.69 Å². The maximum atomic E-state index is 11.7. The van der Waals surface area contributed by atoms with Gasteiger partial charge in [0.05, 0.1) is 0 Å². The Hall–Kier alpha value is -0.610. The van der Waals surface area contributed by atoms with E-state index >= 15 is 0 Å². The van der Waals surface area contributed by atoms with Crippen LogP contribution in [0.25, 0.3) is 0 Å². The molecule has 1 amide bonds. The largest absolute Gasteiger partial charge is 0.381 e. The van der Waals surface area contributed by atoms with Gasteiger partial charge in [-0.05, 0) is 51.1 Å². The number of carbonyl (C=O) groups excluding carboxylic acids is 1. The van der Waals surface area contributed by atoms with Crippen molar-refractivity contribution in [2.75, 3.05) is 39.4 Å². The summed E-state index contributed by atoms with van der Waals surface area (Å²) in [5.41, 5.74) is 0. The summed E-state index contributed by atoms with van der Waals surface area (Å²) in [6.07, 6.45) is 6.57. The van der Waals surface area contributed by atoms with E-state index < -0.39 is 0 Å². The van der Waals surface area contributed by atoms with Crippen LogP contribution in [0.1, 0.15) is 38.5 Å². The predicted molar refractivity (Wildman–Crippen MR) is 73.4 cm³/mol. The minimum absolute atomic E-state index is 0.376. The van der Waals surface area contributed by atoms with Gasteiger partial charge in [-0.15, -0.1) is 0 Å². The molecule has 3 rings (SSSR count). The van der Waals surface area contributed by atoms with Gasteiger partial charge in [-0.1, -0.05) is 0 Å². The van der Waals surface area contributed by atoms with E-state index in [1.165, 1.54) is 25.9 Å². The van der Waals surface area contributed by atoms with Crippen LogP contribution in [-0.4, -0.2) is 55.1 Å². The molecule has 3 aliphatic rings. The predicted octanol–water partition coefficient (Wildman–Crippen LogP) is 1.66. The molecular weight excluding hydrogens is 240 g/mol. The third-order valence-electron chi connectivity index (χ3n) is 4.78. The third kappa shape index (κ3) is 3.29. The molecule has 0 N–H and O–H groups in total. The van der Waals surface area contributed by atoms with Crippen molar-refractivity contribution in [2.24, 2.45) is 5.92 Å². The number of hydrogen-bond donors (Lipinski definition) is 0. The van der Waals surface area contributed by atoms with E-state index in [2.05, 4.69) is 9.80 Å². The highest BCUT2D eigenvalue weighted by atomic mass is 16.5. The highest BCUT2D eigenvalue weighted by Crippen LogP contribution is 2.28. The van der Waals surface area contributed by atoms with Gasteiger partial charge < -0.3 is 9.64 Å². The minimum Gasteiger partial charge on any atom is -0.381 e. The fourth-order valence-corrected chi connectivity index (χ4v) is 3.56. The van der Waals surface area contributed by atoms with E-state index in [-0.39, 0.29) is 0 Å². The van der Waals surface area contributed by atoms with Crippen LogP contribution in [-0.2, 0) is 9.53 Å². The molecule has 1 radical (unpaired) electrons. The van der Waals surface area contributed by atoms with E-state index in [0.29, 0.717) is 5.91 Å². The van der Waals surface area contributed by atoms with Crippen LogP contribution in [0.4, 0.5) is 0 Å². The van der Waals surface area contributed by atoms with Gasteiger partial charge in [0, 0.05) is 38.8 Å². The van der Waals surface area contributed by atoms with Gasteiger partial charge in [-0.2, -0.15) is 0 Å². The molecule has 3 saturated heterocycles. The van der Waals surface area contributed by atoms with E-state index in [1.807, 2.05) is 0 Å². The van der Waals surface area contributed by atoms with Gasteiger partial charge >= 0.3 is 0 Å². The first-order chi connectivity index (χ1) is 9.33. The Morgan fingerprint density at radius 3 is 2.42 bits per heavy atom. The number of piperidine rings is 1. The van der Waals surface area contributed by atoms with Crippen molar-refractivity contribution in [3.05, 3.63) is 6.04 Å². The molecule has 0 unspecified atom stereocenters. The van der Waals surface area contributed by atoms with Gasteiger partial charge in [0.25, 0.3) is 0 Å². The Bertz CT molecular complexity index is 307. The van der Waals surface area contributed by atoms with Crippen LogP contribution in [0.15, 0.2) is 0 Å². The van der Waals surface area contributed by atoms with Crippen LogP contribution >= 0.6 is 0 Å². The number of nitrogens with zero attached hydrogens (tertiary/aromatic N) is 2. The Kier molecular flexibility index (Phi) is 4.38. The summed E-state index contributed by atoms with van der Waals surface area (Å²) < 4.78 is 5.42. The third-order valence-corrected chi connectivity index (χ3v) is 4.78. The van der Waals surface area contributed by atoms with Crippen molar-refractivity contribution in [2.45, 2.75) is 38.5 Å². The average Bonchev–Trinajstić information content (AvgIpc) is 2.86. The van der Waals surface area contributed by atoms with Crippen molar-refractivity contribution < 1.29 is 9.53 Å². The molecule has 0 aromatic carbocycles. The molecule has 4 heteroatoms. The number of ether oxygens (including phenoxy) is 1. The zero-order chi connectivity index (χ0) is 13.1. The van der Waals surface area contributed by atoms with Crippen molar-refractivity contribution in [1.29, 1.82) is 0 Å². The fraction of sp³-hybridized carbons (Fsp3) is 0.867. The first kappa shape index (κ1) is 13.4.